The molecule has 29 heavy (non-hydrogen) atoms. The van der Waals surface area contributed by atoms with Crippen LogP contribution >= 0.6 is 0 Å². The Hall–Kier alpha value is -3.54. The third-order valence-electron chi connectivity index (χ3n) is 4.61. The van der Waals surface area contributed by atoms with E-state index in [0.717, 1.165) is 22.5 Å². The monoisotopic (exact) mass is 391 g/mol. The minimum atomic E-state index is -0.193. The zero-order chi connectivity index (χ0) is 21.0. The molecule has 0 bridgehead atoms. The standard InChI is InChI=1S/C23H25N3O3/c1-14-10-15(2)22(16(3)11-14)26-23(27)17-6-9-21(24-13-17)25-19-8-7-18(28-4)12-20(19)29-5/h6-13H,1-5H3,(H,24,25)(H,26,27). The summed E-state index contributed by atoms with van der Waals surface area (Å²) in [5, 5.41) is 6.18. The zero-order valence-corrected chi connectivity index (χ0v) is 17.3. The summed E-state index contributed by atoms with van der Waals surface area (Å²) in [4.78, 5) is 17.0. The zero-order valence-electron chi connectivity index (χ0n) is 17.3. The van der Waals surface area contributed by atoms with E-state index in [4.69, 9.17) is 9.47 Å². The Balaban J connectivity index is 1.74. The summed E-state index contributed by atoms with van der Waals surface area (Å²) in [6.07, 6.45) is 1.55. The van der Waals surface area contributed by atoms with E-state index in [1.54, 1.807) is 38.6 Å². The SMILES string of the molecule is COc1ccc(Nc2ccc(C(=O)Nc3c(C)cc(C)cc3C)cn2)c(OC)c1. The van der Waals surface area contributed by atoms with E-state index < -0.39 is 0 Å². The van der Waals surface area contributed by atoms with Crippen LogP contribution in [0.5, 0.6) is 11.5 Å². The Morgan fingerprint density at radius 3 is 2.24 bits per heavy atom. The van der Waals surface area contributed by atoms with Crippen molar-refractivity contribution < 1.29 is 14.3 Å². The van der Waals surface area contributed by atoms with Crippen molar-refractivity contribution in [3.05, 3.63) is 70.9 Å². The molecule has 2 aromatic carbocycles. The predicted octanol–water partition coefficient (Wildman–Crippen LogP) is 5.02. The molecule has 1 aromatic heterocycles. The minimum absolute atomic E-state index is 0.193. The molecule has 3 rings (SSSR count). The first-order chi connectivity index (χ1) is 13.9. The van der Waals surface area contributed by atoms with Crippen LogP contribution in [0.25, 0.3) is 0 Å². The van der Waals surface area contributed by atoms with Crippen molar-refractivity contribution in [2.45, 2.75) is 20.8 Å². The van der Waals surface area contributed by atoms with Crippen molar-refractivity contribution in [3.8, 4) is 11.5 Å². The highest BCUT2D eigenvalue weighted by Gasteiger charge is 2.12. The summed E-state index contributed by atoms with van der Waals surface area (Å²) in [5.74, 6) is 1.75. The summed E-state index contributed by atoms with van der Waals surface area (Å²) in [6.45, 7) is 6.02. The molecule has 0 radical (unpaired) electrons. The molecule has 0 aliphatic carbocycles. The van der Waals surface area contributed by atoms with Crippen molar-refractivity contribution in [3.63, 3.8) is 0 Å². The number of amides is 1. The Morgan fingerprint density at radius 1 is 0.931 bits per heavy atom. The van der Waals surface area contributed by atoms with E-state index in [9.17, 15) is 4.79 Å². The Kier molecular flexibility index (Phi) is 6.02. The maximum atomic E-state index is 12.6. The minimum Gasteiger partial charge on any atom is -0.497 e. The molecule has 0 aliphatic rings. The summed E-state index contributed by atoms with van der Waals surface area (Å²) < 4.78 is 10.6. The number of ether oxygens (including phenoxy) is 2. The van der Waals surface area contributed by atoms with Crippen LogP contribution in [-0.2, 0) is 0 Å². The van der Waals surface area contributed by atoms with Gasteiger partial charge in [0.25, 0.3) is 5.91 Å². The molecule has 0 atom stereocenters. The molecular formula is C23H25N3O3. The van der Waals surface area contributed by atoms with Gasteiger partial charge >= 0.3 is 0 Å². The van der Waals surface area contributed by atoms with Crippen molar-refractivity contribution in [1.29, 1.82) is 0 Å². The van der Waals surface area contributed by atoms with E-state index in [0.29, 0.717) is 22.9 Å². The fourth-order valence-corrected chi connectivity index (χ4v) is 3.20. The number of rotatable bonds is 6. The number of aromatic nitrogens is 1. The highest BCUT2D eigenvalue weighted by molar-refractivity contribution is 6.05. The van der Waals surface area contributed by atoms with Crippen molar-refractivity contribution in [2.24, 2.45) is 0 Å². The molecule has 0 spiro atoms. The molecule has 6 nitrogen and oxygen atoms in total. The second kappa shape index (κ2) is 8.65. The van der Waals surface area contributed by atoms with Gasteiger partial charge in [-0.15, -0.1) is 0 Å². The molecule has 0 aliphatic heterocycles. The number of aryl methyl sites for hydroxylation is 3. The van der Waals surface area contributed by atoms with Gasteiger partial charge in [0.15, 0.2) is 0 Å². The maximum Gasteiger partial charge on any atom is 0.257 e. The molecule has 6 heteroatoms. The average molecular weight is 391 g/mol. The van der Waals surface area contributed by atoms with E-state index in [1.807, 2.05) is 32.9 Å². The fourth-order valence-electron chi connectivity index (χ4n) is 3.20. The summed E-state index contributed by atoms with van der Waals surface area (Å²) >= 11 is 0. The summed E-state index contributed by atoms with van der Waals surface area (Å²) in [5.41, 5.74) is 5.32. The van der Waals surface area contributed by atoms with Crippen LogP contribution in [0.3, 0.4) is 0 Å². The molecule has 0 fully saturated rings. The van der Waals surface area contributed by atoms with Gasteiger partial charge < -0.3 is 20.1 Å². The number of pyridine rings is 1. The quantitative estimate of drug-likeness (QED) is 0.617. The van der Waals surface area contributed by atoms with Crippen molar-refractivity contribution in [2.75, 3.05) is 24.9 Å². The highest BCUT2D eigenvalue weighted by Crippen LogP contribution is 2.31. The van der Waals surface area contributed by atoms with Gasteiger partial charge in [0.1, 0.15) is 17.3 Å². The summed E-state index contributed by atoms with van der Waals surface area (Å²) in [6, 6.07) is 13.1. The topological polar surface area (TPSA) is 72.5 Å². The van der Waals surface area contributed by atoms with Crippen LogP contribution in [0.15, 0.2) is 48.7 Å². The lowest BCUT2D eigenvalue weighted by molar-refractivity contribution is 0.102. The smallest absolute Gasteiger partial charge is 0.257 e. The summed E-state index contributed by atoms with van der Waals surface area (Å²) in [7, 11) is 3.20. The largest absolute Gasteiger partial charge is 0.497 e. The third-order valence-corrected chi connectivity index (χ3v) is 4.61. The lowest BCUT2D eigenvalue weighted by Crippen LogP contribution is -2.14. The molecule has 150 valence electrons. The first kappa shape index (κ1) is 20.2. The molecule has 0 saturated carbocycles. The third kappa shape index (κ3) is 4.66. The lowest BCUT2D eigenvalue weighted by Gasteiger charge is -2.14. The maximum absolute atomic E-state index is 12.6. The molecule has 0 unspecified atom stereocenters. The lowest BCUT2D eigenvalue weighted by atomic mass is 10.0. The van der Waals surface area contributed by atoms with Gasteiger partial charge in [0.05, 0.1) is 25.5 Å². The van der Waals surface area contributed by atoms with Gasteiger partial charge in [-0.25, -0.2) is 4.98 Å². The Bertz CT molecular complexity index is 1010. The van der Waals surface area contributed by atoms with Crippen LogP contribution < -0.4 is 20.1 Å². The molecular weight excluding hydrogens is 366 g/mol. The molecule has 2 N–H and O–H groups in total. The number of carbonyl (C=O) groups excluding carboxylic acids is 1. The van der Waals surface area contributed by atoms with Crippen LogP contribution in [-0.4, -0.2) is 25.1 Å². The molecule has 3 aromatic rings. The number of hydrogen-bond acceptors (Lipinski definition) is 5. The van der Waals surface area contributed by atoms with Gasteiger partial charge in [-0.05, 0) is 56.2 Å². The van der Waals surface area contributed by atoms with Gasteiger partial charge in [-0.1, -0.05) is 17.7 Å². The van der Waals surface area contributed by atoms with Gasteiger partial charge in [0.2, 0.25) is 0 Å². The van der Waals surface area contributed by atoms with Crippen molar-refractivity contribution in [1.82, 2.24) is 4.98 Å². The first-order valence-corrected chi connectivity index (χ1v) is 9.25. The van der Waals surface area contributed by atoms with E-state index in [-0.39, 0.29) is 5.91 Å². The van der Waals surface area contributed by atoms with Crippen molar-refractivity contribution >= 4 is 23.1 Å². The first-order valence-electron chi connectivity index (χ1n) is 9.25. The van der Waals surface area contributed by atoms with E-state index in [2.05, 4.69) is 27.8 Å². The fraction of sp³-hybridized carbons (Fsp3) is 0.217. The normalized spacial score (nSPS) is 10.4. The van der Waals surface area contributed by atoms with Crippen LogP contribution in [0.2, 0.25) is 0 Å². The average Bonchev–Trinajstić information content (AvgIpc) is 2.71. The number of nitrogens with zero attached hydrogens (tertiary/aromatic N) is 1. The van der Waals surface area contributed by atoms with Crippen LogP contribution in [0, 0.1) is 20.8 Å². The van der Waals surface area contributed by atoms with Gasteiger partial charge in [0, 0.05) is 18.0 Å². The molecule has 1 amide bonds. The van der Waals surface area contributed by atoms with Crippen LogP contribution in [0.1, 0.15) is 27.0 Å². The number of anilines is 3. The van der Waals surface area contributed by atoms with Gasteiger partial charge in [-0.3, -0.25) is 4.79 Å². The number of hydrogen-bond donors (Lipinski definition) is 2. The molecule has 0 saturated heterocycles. The number of carbonyl (C=O) groups is 1. The number of methoxy groups -OCH3 is 2. The van der Waals surface area contributed by atoms with E-state index in [1.165, 1.54) is 5.56 Å². The highest BCUT2D eigenvalue weighted by atomic mass is 16.5. The number of benzene rings is 2. The van der Waals surface area contributed by atoms with Crippen LogP contribution in [0.4, 0.5) is 17.2 Å². The second-order valence-electron chi connectivity index (χ2n) is 6.85. The number of nitrogens with one attached hydrogen (secondary N) is 2. The van der Waals surface area contributed by atoms with Gasteiger partial charge in [-0.2, -0.15) is 0 Å². The Labute approximate surface area is 170 Å². The predicted molar refractivity (Wildman–Crippen MR) is 116 cm³/mol. The second-order valence-corrected chi connectivity index (χ2v) is 6.85. The Morgan fingerprint density at radius 2 is 1.66 bits per heavy atom. The molecule has 1 heterocycles. The van der Waals surface area contributed by atoms with E-state index >= 15 is 0 Å².